The van der Waals surface area contributed by atoms with E-state index in [0.29, 0.717) is 29.4 Å². The average molecular weight is 489 g/mol. The van der Waals surface area contributed by atoms with Gasteiger partial charge >= 0.3 is 0 Å². The van der Waals surface area contributed by atoms with Gasteiger partial charge in [-0.3, -0.25) is 14.2 Å². The summed E-state index contributed by atoms with van der Waals surface area (Å²) in [5.74, 6) is -1.00. The molecule has 0 radical (unpaired) electrons. The van der Waals surface area contributed by atoms with E-state index in [1.807, 2.05) is 20.8 Å². The summed E-state index contributed by atoms with van der Waals surface area (Å²) in [6.45, 7) is 5.69. The maximum absolute atomic E-state index is 14.1. The maximum atomic E-state index is 14.1. The van der Waals surface area contributed by atoms with Crippen molar-refractivity contribution in [2.45, 2.75) is 32.9 Å². The molecule has 0 saturated carbocycles. The minimum atomic E-state index is -1.08. The Morgan fingerprint density at radius 3 is 1.35 bits per heavy atom. The summed E-state index contributed by atoms with van der Waals surface area (Å²) in [6.07, 6.45) is 0.507. The van der Waals surface area contributed by atoms with Gasteiger partial charge in [-0.25, -0.2) is 0 Å². The highest BCUT2D eigenvalue weighted by Crippen LogP contribution is 2.39. The van der Waals surface area contributed by atoms with Crippen LogP contribution in [0.5, 0.6) is 23.0 Å². The third-order valence-electron chi connectivity index (χ3n) is 6.22. The Kier molecular flexibility index (Phi) is 10.1. The second-order valence-electron chi connectivity index (χ2n) is 8.32. The maximum Gasteiger partial charge on any atom is 0.181 e. The van der Waals surface area contributed by atoms with Gasteiger partial charge in [-0.1, -0.05) is 32.9 Å². The fraction of sp³-hybridized carbons (Fsp3) is 0.462. The molecule has 184 valence electrons. The molecule has 2 rings (SSSR count). The molecule has 0 aliphatic carbocycles. The minimum Gasteiger partial charge on any atom is -0.496 e. The molecule has 34 heavy (non-hydrogen) atoms. The number of methoxy groups -OCH3 is 4. The van der Waals surface area contributed by atoms with Crippen LogP contribution in [-0.2, 0) is 4.57 Å². The smallest absolute Gasteiger partial charge is 0.181 e. The van der Waals surface area contributed by atoms with Crippen LogP contribution in [0.4, 0.5) is 0 Å². The molecule has 0 amide bonds. The Balaban J connectivity index is 2.69. The summed E-state index contributed by atoms with van der Waals surface area (Å²) >= 11 is 0. The van der Waals surface area contributed by atoms with Crippen molar-refractivity contribution in [2.24, 2.45) is 17.8 Å². The Morgan fingerprint density at radius 2 is 1.06 bits per heavy atom. The lowest BCUT2D eigenvalue weighted by atomic mass is 9.76. The Morgan fingerprint density at radius 1 is 0.706 bits per heavy atom. The molecule has 2 aromatic rings. The first-order valence-electron chi connectivity index (χ1n) is 11.1. The van der Waals surface area contributed by atoms with E-state index in [0.717, 1.165) is 0 Å². The second kappa shape index (κ2) is 12.5. The first-order valence-corrected chi connectivity index (χ1v) is 12.0. The van der Waals surface area contributed by atoms with E-state index in [2.05, 4.69) is 0 Å². The van der Waals surface area contributed by atoms with Gasteiger partial charge in [0.25, 0.3) is 0 Å². The molecule has 0 spiro atoms. The highest BCUT2D eigenvalue weighted by atomic mass is 31.1. The number of ketones is 2. The number of benzene rings is 2. The predicted octanol–water partition coefficient (Wildman–Crippen LogP) is 5.75. The molecule has 0 heterocycles. The summed E-state index contributed by atoms with van der Waals surface area (Å²) in [5, 5.41) is 0. The van der Waals surface area contributed by atoms with Crippen LogP contribution in [-0.4, -0.2) is 45.7 Å². The van der Waals surface area contributed by atoms with Crippen molar-refractivity contribution in [3.8, 4) is 23.0 Å². The van der Waals surface area contributed by atoms with Crippen molar-refractivity contribution in [1.29, 1.82) is 0 Å². The van der Waals surface area contributed by atoms with E-state index < -0.39 is 17.5 Å². The van der Waals surface area contributed by atoms with Crippen molar-refractivity contribution >= 4 is 20.0 Å². The van der Waals surface area contributed by atoms with E-state index in [1.54, 1.807) is 36.4 Å². The van der Waals surface area contributed by atoms with Gasteiger partial charge < -0.3 is 18.9 Å². The topological polar surface area (TPSA) is 88.1 Å². The predicted molar refractivity (Wildman–Crippen MR) is 131 cm³/mol. The highest BCUT2D eigenvalue weighted by molar-refractivity contribution is 7.24. The number of carbonyl (C=O) groups is 2. The van der Waals surface area contributed by atoms with Crippen LogP contribution in [0.3, 0.4) is 0 Å². The Bertz CT molecular complexity index is 908. The number of carbonyl (C=O) groups excluding carboxylic acids is 2. The fourth-order valence-electron chi connectivity index (χ4n) is 4.16. The molecule has 0 fully saturated rings. The van der Waals surface area contributed by atoms with Gasteiger partial charge in [0.1, 0.15) is 34.1 Å². The molecule has 0 aliphatic rings. The lowest BCUT2D eigenvalue weighted by molar-refractivity contribution is 0.0739. The molecule has 0 N–H and O–H groups in total. The Labute approximate surface area is 202 Å². The van der Waals surface area contributed by atoms with Gasteiger partial charge in [0.15, 0.2) is 20.0 Å². The van der Waals surface area contributed by atoms with E-state index in [4.69, 9.17) is 18.9 Å². The molecule has 0 aromatic heterocycles. The number of hydrogen-bond donors (Lipinski definition) is 0. The van der Waals surface area contributed by atoms with Crippen molar-refractivity contribution in [3.05, 3.63) is 47.5 Å². The van der Waals surface area contributed by atoms with Crippen LogP contribution >= 0.6 is 8.46 Å². The summed E-state index contributed by atoms with van der Waals surface area (Å²) in [7, 11) is 5.88. The first kappa shape index (κ1) is 27.3. The molecule has 0 saturated heterocycles. The molecule has 8 heteroatoms. The standard InChI is InChI=1S/C26H33O7P/c1-15(17(3)34-29)14-16(2)22(25(27)23-18(30-4)10-8-11-19(23)31-5)26(28)24-20(32-6)12-9-13-21(24)33-7/h8-13,15-17,22H,14H2,1-7H3. The monoisotopic (exact) mass is 488 g/mol. The van der Waals surface area contributed by atoms with Crippen LogP contribution in [0.1, 0.15) is 47.9 Å². The summed E-state index contributed by atoms with van der Waals surface area (Å²) in [4.78, 5) is 28.1. The van der Waals surface area contributed by atoms with E-state index in [-0.39, 0.29) is 37.1 Å². The van der Waals surface area contributed by atoms with E-state index >= 15 is 0 Å². The summed E-state index contributed by atoms with van der Waals surface area (Å²) in [6, 6.07) is 10.1. The zero-order valence-corrected chi connectivity index (χ0v) is 21.7. The van der Waals surface area contributed by atoms with Gasteiger partial charge in [0, 0.05) is 5.66 Å². The molecule has 3 unspecified atom stereocenters. The summed E-state index contributed by atoms with van der Waals surface area (Å²) < 4.78 is 33.2. The molecule has 0 bridgehead atoms. The number of ether oxygens (including phenoxy) is 4. The normalized spacial score (nSPS) is 13.8. The highest BCUT2D eigenvalue weighted by Gasteiger charge is 2.39. The zero-order valence-electron chi connectivity index (χ0n) is 20.8. The van der Waals surface area contributed by atoms with Crippen molar-refractivity contribution in [1.82, 2.24) is 0 Å². The Hall–Kier alpha value is -2.92. The second-order valence-corrected chi connectivity index (χ2v) is 9.34. The molecule has 0 aliphatic heterocycles. The quantitative estimate of drug-likeness (QED) is 0.202. The minimum absolute atomic E-state index is 0.0106. The van der Waals surface area contributed by atoms with Gasteiger partial charge in [-0.2, -0.15) is 0 Å². The van der Waals surface area contributed by atoms with Crippen molar-refractivity contribution < 1.29 is 33.1 Å². The average Bonchev–Trinajstić information content (AvgIpc) is 2.86. The van der Waals surface area contributed by atoms with Gasteiger partial charge in [-0.05, 0) is 42.5 Å². The van der Waals surface area contributed by atoms with Gasteiger partial charge in [-0.15, -0.1) is 0 Å². The van der Waals surface area contributed by atoms with Crippen molar-refractivity contribution in [3.63, 3.8) is 0 Å². The van der Waals surface area contributed by atoms with E-state index in [1.165, 1.54) is 28.4 Å². The van der Waals surface area contributed by atoms with Crippen LogP contribution in [0.25, 0.3) is 0 Å². The lowest BCUT2D eigenvalue weighted by Gasteiger charge is -2.27. The summed E-state index contributed by atoms with van der Waals surface area (Å²) in [5.41, 5.74) is 0.290. The fourth-order valence-corrected chi connectivity index (χ4v) is 4.49. The van der Waals surface area contributed by atoms with Crippen LogP contribution in [0.15, 0.2) is 36.4 Å². The van der Waals surface area contributed by atoms with Crippen LogP contribution in [0, 0.1) is 17.8 Å². The largest absolute Gasteiger partial charge is 0.496 e. The third kappa shape index (κ3) is 5.76. The lowest BCUT2D eigenvalue weighted by Crippen LogP contribution is -2.33. The van der Waals surface area contributed by atoms with Gasteiger partial charge in [0.05, 0.1) is 34.4 Å². The molecule has 7 nitrogen and oxygen atoms in total. The molecule has 2 aromatic carbocycles. The number of Topliss-reactive ketones (excluding diaryl/α,β-unsaturated/α-hetero) is 2. The first-order chi connectivity index (χ1) is 16.2. The van der Waals surface area contributed by atoms with Gasteiger partial charge in [0.2, 0.25) is 0 Å². The molecule has 3 atom stereocenters. The SMILES string of the molecule is COc1cccc(OC)c1C(=O)C(C(=O)c1c(OC)cccc1OC)C(C)CC(C)C(C)P=O. The van der Waals surface area contributed by atoms with Crippen LogP contribution in [0.2, 0.25) is 0 Å². The van der Waals surface area contributed by atoms with E-state index in [9.17, 15) is 14.2 Å². The zero-order chi connectivity index (χ0) is 25.4. The van der Waals surface area contributed by atoms with Crippen LogP contribution < -0.4 is 18.9 Å². The van der Waals surface area contributed by atoms with Crippen molar-refractivity contribution in [2.75, 3.05) is 28.4 Å². The molecular weight excluding hydrogens is 455 g/mol. The number of hydrogen-bond acceptors (Lipinski definition) is 7. The number of rotatable bonds is 13. The molecular formula is C26H33O7P. The third-order valence-corrected chi connectivity index (χ3v) is 7.06.